The summed E-state index contributed by atoms with van der Waals surface area (Å²) in [5.74, 6) is 0.401. The number of thiol groups is 1. The third-order valence-corrected chi connectivity index (χ3v) is 2.05. The van der Waals surface area contributed by atoms with E-state index in [4.69, 9.17) is 0 Å². The lowest BCUT2D eigenvalue weighted by Crippen LogP contribution is -2.35. The highest BCUT2D eigenvalue weighted by atomic mass is 32.1. The van der Waals surface area contributed by atoms with Gasteiger partial charge in [-0.15, -0.1) is 0 Å². The molecular formula is C7H15NOS. The monoisotopic (exact) mass is 161 g/mol. The Bertz CT molecular complexity index is 116. The van der Waals surface area contributed by atoms with Crippen molar-refractivity contribution in [3.05, 3.63) is 0 Å². The lowest BCUT2D eigenvalue weighted by Gasteiger charge is -2.22. The number of nitrogens with zero attached hydrogens (tertiary/aromatic N) is 1. The maximum Gasteiger partial charge on any atom is 0.232 e. The van der Waals surface area contributed by atoms with Crippen molar-refractivity contribution in [2.45, 2.75) is 26.3 Å². The topological polar surface area (TPSA) is 20.3 Å². The molecule has 0 aromatic heterocycles. The Labute approximate surface area is 68.0 Å². The van der Waals surface area contributed by atoms with E-state index in [1.165, 1.54) is 0 Å². The van der Waals surface area contributed by atoms with E-state index in [1.807, 2.05) is 14.0 Å². The SMILES string of the molecule is CCC(C)N(C)C(=O)CS. The molecule has 0 saturated heterocycles. The molecular weight excluding hydrogens is 146 g/mol. The molecule has 2 nitrogen and oxygen atoms in total. The van der Waals surface area contributed by atoms with Crippen molar-refractivity contribution in [1.82, 2.24) is 4.90 Å². The average Bonchev–Trinajstić information content (AvgIpc) is 2.00. The van der Waals surface area contributed by atoms with E-state index in [0.717, 1.165) is 6.42 Å². The predicted molar refractivity (Wildman–Crippen MR) is 46.4 cm³/mol. The van der Waals surface area contributed by atoms with E-state index in [9.17, 15) is 4.79 Å². The van der Waals surface area contributed by atoms with E-state index in [1.54, 1.807) is 4.90 Å². The smallest absolute Gasteiger partial charge is 0.232 e. The molecule has 0 N–H and O–H groups in total. The number of carbonyl (C=O) groups excluding carboxylic acids is 1. The highest BCUT2D eigenvalue weighted by molar-refractivity contribution is 7.81. The molecule has 0 heterocycles. The fourth-order valence-corrected chi connectivity index (χ4v) is 0.854. The molecule has 60 valence electrons. The second-order valence-electron chi connectivity index (χ2n) is 2.42. The van der Waals surface area contributed by atoms with Crippen molar-refractivity contribution < 1.29 is 4.79 Å². The van der Waals surface area contributed by atoms with Gasteiger partial charge >= 0.3 is 0 Å². The zero-order valence-corrected chi connectivity index (χ0v) is 7.69. The lowest BCUT2D eigenvalue weighted by atomic mass is 10.2. The normalized spacial score (nSPS) is 12.8. The van der Waals surface area contributed by atoms with Gasteiger partial charge in [0.05, 0.1) is 5.75 Å². The molecule has 0 bridgehead atoms. The van der Waals surface area contributed by atoms with Crippen molar-refractivity contribution in [3.8, 4) is 0 Å². The summed E-state index contributed by atoms with van der Waals surface area (Å²) < 4.78 is 0. The summed E-state index contributed by atoms with van der Waals surface area (Å²) in [6.07, 6.45) is 0.996. The van der Waals surface area contributed by atoms with Crippen LogP contribution >= 0.6 is 12.6 Å². The number of amides is 1. The lowest BCUT2D eigenvalue weighted by molar-refractivity contribution is -0.128. The van der Waals surface area contributed by atoms with Gasteiger partial charge in [-0.2, -0.15) is 12.6 Å². The zero-order valence-electron chi connectivity index (χ0n) is 6.79. The molecule has 3 heteroatoms. The first-order valence-electron chi connectivity index (χ1n) is 3.50. The summed E-state index contributed by atoms with van der Waals surface area (Å²) in [7, 11) is 1.81. The largest absolute Gasteiger partial charge is 0.342 e. The van der Waals surface area contributed by atoms with Crippen molar-refractivity contribution in [3.63, 3.8) is 0 Å². The third kappa shape index (κ3) is 2.60. The van der Waals surface area contributed by atoms with Gasteiger partial charge < -0.3 is 4.90 Å². The minimum absolute atomic E-state index is 0.0951. The average molecular weight is 161 g/mol. The van der Waals surface area contributed by atoms with Gasteiger partial charge in [0.25, 0.3) is 0 Å². The third-order valence-electron chi connectivity index (χ3n) is 1.78. The van der Waals surface area contributed by atoms with E-state index in [-0.39, 0.29) is 5.91 Å². The van der Waals surface area contributed by atoms with Crippen LogP contribution < -0.4 is 0 Å². The van der Waals surface area contributed by atoms with Crippen LogP contribution in [0.25, 0.3) is 0 Å². The second-order valence-corrected chi connectivity index (χ2v) is 2.74. The Morgan fingerprint density at radius 3 is 2.50 bits per heavy atom. The molecule has 1 atom stereocenters. The molecule has 0 radical (unpaired) electrons. The summed E-state index contributed by atoms with van der Waals surface area (Å²) in [4.78, 5) is 12.7. The molecule has 0 aliphatic rings. The maximum absolute atomic E-state index is 11.0. The van der Waals surface area contributed by atoms with E-state index in [2.05, 4.69) is 19.6 Å². The van der Waals surface area contributed by atoms with Crippen molar-refractivity contribution >= 4 is 18.5 Å². The standard InChI is InChI=1S/C7H15NOS/c1-4-6(2)8(3)7(9)5-10/h6,10H,4-5H2,1-3H3. The Morgan fingerprint density at radius 2 is 2.20 bits per heavy atom. The fourth-order valence-electron chi connectivity index (χ4n) is 0.631. The van der Waals surface area contributed by atoms with Crippen LogP contribution in [0.3, 0.4) is 0 Å². The van der Waals surface area contributed by atoms with Gasteiger partial charge in [0.2, 0.25) is 5.91 Å². The van der Waals surface area contributed by atoms with Gasteiger partial charge in [0.1, 0.15) is 0 Å². The van der Waals surface area contributed by atoms with Gasteiger partial charge in [0.15, 0.2) is 0 Å². The summed E-state index contributed by atoms with van der Waals surface area (Å²) in [6.45, 7) is 4.09. The highest BCUT2D eigenvalue weighted by Gasteiger charge is 2.11. The molecule has 0 fully saturated rings. The number of hydrogen-bond acceptors (Lipinski definition) is 2. The summed E-state index contributed by atoms with van der Waals surface area (Å²) in [5, 5.41) is 0. The van der Waals surface area contributed by atoms with Gasteiger partial charge in [-0.25, -0.2) is 0 Å². The highest BCUT2D eigenvalue weighted by Crippen LogP contribution is 2.00. The first-order valence-corrected chi connectivity index (χ1v) is 4.13. The van der Waals surface area contributed by atoms with Gasteiger partial charge in [-0.05, 0) is 13.3 Å². The van der Waals surface area contributed by atoms with Crippen LogP contribution in [0.2, 0.25) is 0 Å². The molecule has 10 heavy (non-hydrogen) atoms. The van der Waals surface area contributed by atoms with Gasteiger partial charge in [-0.1, -0.05) is 6.92 Å². The maximum atomic E-state index is 11.0. The van der Waals surface area contributed by atoms with Gasteiger partial charge in [-0.3, -0.25) is 4.79 Å². The molecule has 1 unspecified atom stereocenters. The first-order chi connectivity index (χ1) is 4.63. The Balaban J connectivity index is 3.81. The minimum atomic E-state index is 0.0951. The van der Waals surface area contributed by atoms with Crippen LogP contribution in [-0.2, 0) is 4.79 Å². The Kier molecular flexibility index (Phi) is 4.52. The van der Waals surface area contributed by atoms with Crippen LogP contribution in [0, 0.1) is 0 Å². The van der Waals surface area contributed by atoms with Crippen molar-refractivity contribution in [1.29, 1.82) is 0 Å². The van der Waals surface area contributed by atoms with Crippen LogP contribution in [0.4, 0.5) is 0 Å². The number of carbonyl (C=O) groups is 1. The van der Waals surface area contributed by atoms with Crippen LogP contribution in [0.5, 0.6) is 0 Å². The van der Waals surface area contributed by atoms with E-state index < -0.39 is 0 Å². The summed E-state index contributed by atoms with van der Waals surface area (Å²) in [6, 6.07) is 0.333. The predicted octanol–water partition coefficient (Wildman–Crippen LogP) is 1.17. The molecule has 0 aromatic carbocycles. The molecule has 0 aromatic rings. The number of hydrogen-bond donors (Lipinski definition) is 1. The van der Waals surface area contributed by atoms with Crippen molar-refractivity contribution in [2.24, 2.45) is 0 Å². The minimum Gasteiger partial charge on any atom is -0.342 e. The van der Waals surface area contributed by atoms with Crippen molar-refractivity contribution in [2.75, 3.05) is 12.8 Å². The molecule has 1 amide bonds. The molecule has 0 aliphatic carbocycles. The quantitative estimate of drug-likeness (QED) is 0.616. The molecule has 0 saturated carbocycles. The summed E-state index contributed by atoms with van der Waals surface area (Å²) in [5.41, 5.74) is 0. The zero-order chi connectivity index (χ0) is 8.15. The molecule has 0 spiro atoms. The summed E-state index contributed by atoms with van der Waals surface area (Å²) >= 11 is 3.90. The fraction of sp³-hybridized carbons (Fsp3) is 0.857. The Hall–Kier alpha value is -0.180. The number of rotatable bonds is 3. The van der Waals surface area contributed by atoms with Crippen LogP contribution in [-0.4, -0.2) is 29.6 Å². The molecule has 0 rings (SSSR count). The van der Waals surface area contributed by atoms with Crippen LogP contribution in [0.1, 0.15) is 20.3 Å². The van der Waals surface area contributed by atoms with Crippen LogP contribution in [0.15, 0.2) is 0 Å². The second kappa shape index (κ2) is 4.61. The molecule has 0 aliphatic heterocycles. The van der Waals surface area contributed by atoms with E-state index >= 15 is 0 Å². The first kappa shape index (κ1) is 9.82. The van der Waals surface area contributed by atoms with Gasteiger partial charge in [0, 0.05) is 13.1 Å². The Morgan fingerprint density at radius 1 is 1.70 bits per heavy atom. The van der Waals surface area contributed by atoms with E-state index in [0.29, 0.717) is 11.8 Å².